The number of nitrogens with two attached hydrogens (primary N) is 3. The summed E-state index contributed by atoms with van der Waals surface area (Å²) in [6.45, 7) is 5.98. The average Bonchev–Trinajstić information content (AvgIpc) is 0.838. The van der Waals surface area contributed by atoms with E-state index in [1.807, 2.05) is 5.32 Å². The van der Waals surface area contributed by atoms with Crippen LogP contribution in [0.4, 0.5) is 0 Å². The van der Waals surface area contributed by atoms with Gasteiger partial charge in [0.1, 0.15) is 84.3 Å². The van der Waals surface area contributed by atoms with Crippen LogP contribution in [-0.4, -0.2) is 268 Å². The highest BCUT2D eigenvalue weighted by Crippen LogP contribution is 2.18. The molecule has 128 heavy (non-hydrogen) atoms. The molecule has 3 aromatic carbocycles. The van der Waals surface area contributed by atoms with Gasteiger partial charge in [-0.05, 0) is 105 Å². The zero-order valence-corrected chi connectivity index (χ0v) is 70.4. The molecule has 0 unspecified atom stereocenters. The summed E-state index contributed by atoms with van der Waals surface area (Å²) >= 11 is 0. The SMILES string of the molecule is CC[C@H](C)[C@H](NC(=O)[C@H](Cc1ccc(O)cc1)NC(=O)[C@@H](N)Cc1ccccc1)C(=O)N[C@@H](Cc1ccccc1)C(=O)N[C@@H](CCC(=O)O)C(=O)N[C@H](C(=O)N[C@@H](CCC(=O)O)C(=O)N[C@@H](CC(=O)O)C(=O)N[C@@H](CCC(N)=O)C(=O)N[C@@H](CCCCN)C(=O)N[C@@H](CCC(=O)O)C(=O)N[C@@H](CCC(=O)O)C(=O)N[C@@H](CC(=O)O)C(=O)N[C@@H](CC(=O)O)C(=O)O)C(C)C. The van der Waals surface area contributed by atoms with Crippen molar-refractivity contribution in [2.75, 3.05) is 6.54 Å². The largest absolute Gasteiger partial charge is 0.508 e. The van der Waals surface area contributed by atoms with Crippen LogP contribution in [0.5, 0.6) is 5.75 Å². The summed E-state index contributed by atoms with van der Waals surface area (Å²) in [6, 6.07) is -3.81. The Hall–Kier alpha value is -14.3. The number of phenols is 1. The first-order chi connectivity index (χ1) is 60.2. The van der Waals surface area contributed by atoms with Gasteiger partial charge < -0.3 is 132 Å². The maximum Gasteiger partial charge on any atom is 0.326 e. The van der Waals surface area contributed by atoms with Gasteiger partial charge in [-0.15, -0.1) is 0 Å². The van der Waals surface area contributed by atoms with E-state index in [2.05, 4.69) is 58.5 Å². The number of primary amides is 1. The summed E-state index contributed by atoms with van der Waals surface area (Å²) in [4.78, 5) is 293. The van der Waals surface area contributed by atoms with E-state index in [-0.39, 0.29) is 50.8 Å². The maximum atomic E-state index is 14.8. The van der Waals surface area contributed by atoms with Gasteiger partial charge in [-0.1, -0.05) is 107 Å². The van der Waals surface area contributed by atoms with Crippen LogP contribution in [0.15, 0.2) is 84.9 Å². The number of rotatable bonds is 61. The number of carboxylic acid groups (broad SMARTS) is 8. The van der Waals surface area contributed by atoms with Gasteiger partial charge in [-0.2, -0.15) is 0 Å². The Bertz CT molecular complexity index is 4410. The topological polar surface area (TPSA) is 792 Å². The number of carbonyl (C=O) groups excluding carboxylic acids is 14. The molecule has 0 radical (unpaired) electrons. The quantitative estimate of drug-likeness (QED) is 0.0236. The molecule has 0 saturated heterocycles. The number of unbranched alkanes of at least 4 members (excludes halogenated alkanes) is 1. The number of carbonyl (C=O) groups is 22. The van der Waals surface area contributed by atoms with E-state index >= 15 is 0 Å². The average molecular weight is 1810 g/mol. The van der Waals surface area contributed by atoms with Gasteiger partial charge in [-0.25, -0.2) is 4.79 Å². The highest BCUT2D eigenvalue weighted by atomic mass is 16.4. The predicted molar refractivity (Wildman–Crippen MR) is 443 cm³/mol. The molecule has 47 nitrogen and oxygen atoms in total. The number of amides is 14. The van der Waals surface area contributed by atoms with Crippen LogP contribution in [0.3, 0.4) is 0 Å². The van der Waals surface area contributed by atoms with Gasteiger partial charge in [-0.3, -0.25) is 101 Å². The lowest BCUT2D eigenvalue weighted by atomic mass is 9.96. The molecule has 0 fully saturated rings. The van der Waals surface area contributed by atoms with E-state index in [9.17, 15) is 146 Å². The number of hydrogen-bond donors (Lipinski definition) is 25. The first-order valence-corrected chi connectivity index (χ1v) is 40.5. The lowest BCUT2D eigenvalue weighted by molar-refractivity contribution is -0.148. The molecule has 0 saturated carbocycles. The van der Waals surface area contributed by atoms with Crippen molar-refractivity contribution < 1.29 is 151 Å². The first kappa shape index (κ1) is 108. The van der Waals surface area contributed by atoms with Crippen LogP contribution >= 0.6 is 0 Å². The molecule has 47 heteroatoms. The van der Waals surface area contributed by atoms with Gasteiger partial charge >= 0.3 is 47.8 Å². The Morgan fingerprint density at radius 3 is 0.938 bits per heavy atom. The molecule has 0 aliphatic rings. The Kier molecular flexibility index (Phi) is 46.5. The molecule has 0 spiro atoms. The van der Waals surface area contributed by atoms with Gasteiger partial charge in [0, 0.05) is 44.9 Å². The monoisotopic (exact) mass is 1800 g/mol. The van der Waals surface area contributed by atoms with Crippen LogP contribution in [0, 0.1) is 11.8 Å². The van der Waals surface area contributed by atoms with Crippen LogP contribution in [0.25, 0.3) is 0 Å². The Morgan fingerprint density at radius 2 is 0.586 bits per heavy atom. The summed E-state index contributed by atoms with van der Waals surface area (Å²) in [5.41, 5.74) is 19.0. The Balaban J connectivity index is 2.01. The van der Waals surface area contributed by atoms with Gasteiger partial charge in [0.15, 0.2) is 0 Å². The van der Waals surface area contributed by atoms with Gasteiger partial charge in [0.25, 0.3) is 0 Å². The van der Waals surface area contributed by atoms with Crippen molar-refractivity contribution in [3.8, 4) is 5.75 Å². The van der Waals surface area contributed by atoms with Crippen LogP contribution in [0.2, 0.25) is 0 Å². The molecule has 3 rings (SSSR count). The van der Waals surface area contributed by atoms with Crippen LogP contribution in [0.1, 0.15) is 154 Å². The molecule has 702 valence electrons. The fraction of sp³-hybridized carbons (Fsp3) is 0.506. The predicted octanol–water partition coefficient (Wildman–Crippen LogP) is -4.89. The number of phenolic OH excluding ortho intramolecular Hbond substituents is 1. The fourth-order valence-electron chi connectivity index (χ4n) is 12.4. The van der Waals surface area contributed by atoms with Gasteiger partial charge in [0.05, 0.1) is 25.3 Å². The van der Waals surface area contributed by atoms with Crippen molar-refractivity contribution >= 4 is 130 Å². The second-order valence-electron chi connectivity index (χ2n) is 30.3. The van der Waals surface area contributed by atoms with Gasteiger partial charge in [0.2, 0.25) is 82.7 Å². The summed E-state index contributed by atoms with van der Waals surface area (Å²) in [7, 11) is 0. The minimum atomic E-state index is -2.32. The van der Waals surface area contributed by atoms with E-state index in [0.717, 1.165) is 0 Å². The number of carboxylic acids is 8. The summed E-state index contributed by atoms with van der Waals surface area (Å²) in [5, 5.41) is 117. The van der Waals surface area contributed by atoms with E-state index in [1.54, 1.807) is 79.8 Å². The molecule has 0 aliphatic carbocycles. The Labute approximate surface area is 731 Å². The number of aliphatic carboxylic acids is 8. The molecule has 0 aliphatic heterocycles. The highest BCUT2D eigenvalue weighted by molar-refractivity contribution is 6.02. The summed E-state index contributed by atoms with van der Waals surface area (Å²) in [5.74, 6) is -33.1. The molecule has 14 amide bonds. The molecule has 0 aromatic heterocycles. The summed E-state index contributed by atoms with van der Waals surface area (Å²) in [6.07, 6.45) is -13.1. The lowest BCUT2D eigenvalue weighted by Gasteiger charge is -2.30. The Morgan fingerprint density at radius 1 is 0.305 bits per heavy atom. The van der Waals surface area contributed by atoms with Crippen molar-refractivity contribution in [3.63, 3.8) is 0 Å². The van der Waals surface area contributed by atoms with E-state index in [1.165, 1.54) is 38.1 Å². The maximum absolute atomic E-state index is 14.8. The number of nitrogens with one attached hydrogen (secondary N) is 13. The minimum absolute atomic E-state index is 0.0486. The first-order valence-electron chi connectivity index (χ1n) is 40.5. The van der Waals surface area contributed by atoms with E-state index in [0.29, 0.717) is 16.7 Å². The molecule has 0 bridgehead atoms. The van der Waals surface area contributed by atoms with Crippen LogP contribution < -0.4 is 86.3 Å². The van der Waals surface area contributed by atoms with Crippen LogP contribution in [-0.2, 0) is 125 Å². The van der Waals surface area contributed by atoms with E-state index < -0.39 is 317 Å². The molecule has 0 heterocycles. The zero-order valence-electron chi connectivity index (χ0n) is 70.4. The number of benzene rings is 3. The zero-order chi connectivity index (χ0) is 96.2. The lowest BCUT2D eigenvalue weighted by Crippen LogP contribution is -2.62. The van der Waals surface area contributed by atoms with E-state index in [4.69, 9.17) is 22.3 Å². The van der Waals surface area contributed by atoms with Crippen molar-refractivity contribution in [2.45, 2.75) is 241 Å². The van der Waals surface area contributed by atoms with Crippen molar-refractivity contribution in [3.05, 3.63) is 102 Å². The summed E-state index contributed by atoms with van der Waals surface area (Å²) < 4.78 is 0. The molecular weight excluding hydrogens is 1690 g/mol. The van der Waals surface area contributed by atoms with Crippen molar-refractivity contribution in [1.82, 2.24) is 69.1 Å². The second kappa shape index (κ2) is 55.1. The van der Waals surface area contributed by atoms with Crippen molar-refractivity contribution in [2.24, 2.45) is 29.0 Å². The van der Waals surface area contributed by atoms with Crippen molar-refractivity contribution in [1.29, 1.82) is 0 Å². The smallest absolute Gasteiger partial charge is 0.326 e. The molecule has 3 aromatic rings. The fourth-order valence-corrected chi connectivity index (χ4v) is 12.4. The third-order valence-electron chi connectivity index (χ3n) is 19.6. The standard InChI is InChI=1S/C81H112N16O31/c1-5-41(4)67(97-78(124)54(36-44-19-21-45(98)22-20-44)91-68(114)46(83)34-42-14-8-6-9-15-42)80(126)94-53(35-43-16-10-7-11-17-43)75(121)89-52(27-32-62(106)107)74(120)96-66(40(2)3)79(125)90-51(26-31-61(104)105)73(119)92-55(37-63(108)109)76(122)88-48(23-28-58(84)99)70(116)85-47(18-12-13-33-82)69(115)86-49(24-29-59(100)101)71(117)87-50(25-30-60(102)103)72(118)93-56(38-64(110)111)77(123)95-57(81(127)128)39-65(112)113/h6-11,14-17,19-22,40-41,46-57,66-67,98H,5,12-13,18,23-39,82-83H2,1-4H3,(H2,84,99)(H,85,116)(H,86,115)(H,87,117)(H,88,122)(H,89,121)(H,90,125)(H,91,114)(H,92,119)(H,93,118)(H,94,126)(H,95,123)(H,96,120)(H,97,124)(H,100,101)(H,102,103)(H,104,105)(H,106,107)(H,108,109)(H,110,111)(H,112,113)(H,127,128)/t41-,46-,47-,48-,49-,50-,51-,52-,53-,54-,55-,56-,57-,66-,67-/m0/s1. The molecule has 28 N–H and O–H groups in total. The third kappa shape index (κ3) is 40.6. The number of hydrogen-bond acceptors (Lipinski definition) is 25. The molecule has 15 atom stereocenters. The minimum Gasteiger partial charge on any atom is -0.508 e. The number of aromatic hydroxyl groups is 1. The molecular formula is C81H112N16O31. The normalized spacial score (nSPS) is 14.5. The highest BCUT2D eigenvalue weighted by Gasteiger charge is 2.41. The second-order valence-corrected chi connectivity index (χ2v) is 30.3. The third-order valence-corrected chi connectivity index (χ3v) is 19.6.